The maximum atomic E-state index is 12.0. The SMILES string of the molecule is O=C1CC(c2ccccc2OCc2ccccc2Cl)c2cn[nH]c2N1. The Hall–Kier alpha value is -2.79. The van der Waals surface area contributed by atoms with Gasteiger partial charge in [0.2, 0.25) is 5.91 Å². The average molecular weight is 354 g/mol. The molecule has 1 aliphatic rings. The minimum atomic E-state index is -0.0926. The third kappa shape index (κ3) is 3.10. The van der Waals surface area contributed by atoms with Crippen LogP contribution in [-0.4, -0.2) is 16.1 Å². The molecule has 0 spiro atoms. The van der Waals surface area contributed by atoms with Crippen molar-refractivity contribution in [2.75, 3.05) is 5.32 Å². The summed E-state index contributed by atoms with van der Waals surface area (Å²) in [5.74, 6) is 1.27. The number of nitrogens with one attached hydrogen (secondary N) is 2. The molecule has 1 unspecified atom stereocenters. The quantitative estimate of drug-likeness (QED) is 0.741. The molecule has 3 aromatic rings. The molecule has 0 saturated carbocycles. The van der Waals surface area contributed by atoms with Crippen molar-refractivity contribution in [2.45, 2.75) is 18.9 Å². The van der Waals surface area contributed by atoms with Crippen molar-refractivity contribution in [1.29, 1.82) is 0 Å². The Kier molecular flexibility index (Phi) is 4.15. The van der Waals surface area contributed by atoms with Gasteiger partial charge in [-0.15, -0.1) is 0 Å². The third-order valence-corrected chi connectivity index (χ3v) is 4.70. The molecule has 2 heterocycles. The van der Waals surface area contributed by atoms with Gasteiger partial charge in [0.1, 0.15) is 18.2 Å². The zero-order valence-electron chi connectivity index (χ0n) is 13.3. The lowest BCUT2D eigenvalue weighted by Crippen LogP contribution is -2.23. The van der Waals surface area contributed by atoms with Crippen molar-refractivity contribution in [3.05, 3.63) is 76.4 Å². The van der Waals surface area contributed by atoms with E-state index in [9.17, 15) is 4.79 Å². The molecule has 1 atom stereocenters. The van der Waals surface area contributed by atoms with Gasteiger partial charge in [0.25, 0.3) is 0 Å². The number of fused-ring (bicyclic) bond motifs is 1. The first-order valence-electron chi connectivity index (χ1n) is 8.00. The Labute approximate surface area is 150 Å². The molecular weight excluding hydrogens is 338 g/mol. The van der Waals surface area contributed by atoms with Crippen molar-refractivity contribution in [3.8, 4) is 5.75 Å². The number of aromatic nitrogens is 2. The first-order valence-corrected chi connectivity index (χ1v) is 8.38. The summed E-state index contributed by atoms with van der Waals surface area (Å²) in [5.41, 5.74) is 2.85. The van der Waals surface area contributed by atoms with Crippen LogP contribution in [0.3, 0.4) is 0 Å². The second kappa shape index (κ2) is 6.61. The zero-order chi connectivity index (χ0) is 17.2. The van der Waals surface area contributed by atoms with E-state index in [0.717, 1.165) is 22.4 Å². The van der Waals surface area contributed by atoms with E-state index in [1.165, 1.54) is 0 Å². The van der Waals surface area contributed by atoms with Crippen LogP contribution in [-0.2, 0) is 11.4 Å². The number of halogens is 1. The Bertz CT molecular complexity index is 922. The van der Waals surface area contributed by atoms with E-state index in [4.69, 9.17) is 16.3 Å². The van der Waals surface area contributed by atoms with E-state index in [-0.39, 0.29) is 11.8 Å². The van der Waals surface area contributed by atoms with Gasteiger partial charge in [-0.25, -0.2) is 0 Å². The molecule has 2 N–H and O–H groups in total. The van der Waals surface area contributed by atoms with Crippen LogP contribution in [0.2, 0.25) is 5.02 Å². The van der Waals surface area contributed by atoms with Gasteiger partial charge in [-0.2, -0.15) is 5.10 Å². The summed E-state index contributed by atoms with van der Waals surface area (Å²) >= 11 is 6.21. The first-order chi connectivity index (χ1) is 12.2. The van der Waals surface area contributed by atoms with Gasteiger partial charge in [-0.05, 0) is 12.1 Å². The monoisotopic (exact) mass is 353 g/mol. The smallest absolute Gasteiger partial charge is 0.226 e. The van der Waals surface area contributed by atoms with Gasteiger partial charge < -0.3 is 10.1 Å². The Morgan fingerprint density at radius 1 is 1.12 bits per heavy atom. The molecule has 0 saturated heterocycles. The molecule has 5 nitrogen and oxygen atoms in total. The molecule has 6 heteroatoms. The van der Waals surface area contributed by atoms with Crippen LogP contribution in [0.25, 0.3) is 0 Å². The molecule has 0 aliphatic carbocycles. The lowest BCUT2D eigenvalue weighted by atomic mass is 9.87. The van der Waals surface area contributed by atoms with E-state index in [1.54, 1.807) is 6.20 Å². The maximum Gasteiger partial charge on any atom is 0.226 e. The van der Waals surface area contributed by atoms with E-state index in [0.29, 0.717) is 23.9 Å². The summed E-state index contributed by atoms with van der Waals surface area (Å²) in [7, 11) is 0. The van der Waals surface area contributed by atoms with Crippen molar-refractivity contribution in [2.24, 2.45) is 0 Å². The molecule has 25 heavy (non-hydrogen) atoms. The number of hydrogen-bond acceptors (Lipinski definition) is 3. The number of amides is 1. The fourth-order valence-electron chi connectivity index (χ4n) is 3.09. The summed E-state index contributed by atoms with van der Waals surface area (Å²) in [4.78, 5) is 12.0. The molecule has 1 aromatic heterocycles. The number of para-hydroxylation sites is 1. The number of rotatable bonds is 4. The minimum absolute atomic E-state index is 0.0392. The van der Waals surface area contributed by atoms with Crippen LogP contribution in [0, 0.1) is 0 Å². The van der Waals surface area contributed by atoms with Crippen molar-refractivity contribution in [1.82, 2.24) is 10.2 Å². The highest BCUT2D eigenvalue weighted by Crippen LogP contribution is 2.39. The largest absolute Gasteiger partial charge is 0.489 e. The summed E-state index contributed by atoms with van der Waals surface area (Å²) in [6.07, 6.45) is 2.11. The summed E-state index contributed by atoms with van der Waals surface area (Å²) < 4.78 is 6.04. The number of hydrogen-bond donors (Lipinski definition) is 2. The van der Waals surface area contributed by atoms with E-state index < -0.39 is 0 Å². The molecule has 0 fully saturated rings. The van der Waals surface area contributed by atoms with E-state index in [1.807, 2.05) is 48.5 Å². The number of carbonyl (C=O) groups is 1. The number of ether oxygens (including phenoxy) is 1. The van der Waals surface area contributed by atoms with Crippen LogP contribution < -0.4 is 10.1 Å². The number of nitrogens with zero attached hydrogens (tertiary/aromatic N) is 1. The number of aromatic amines is 1. The molecule has 1 aliphatic heterocycles. The second-order valence-electron chi connectivity index (χ2n) is 5.92. The molecule has 0 bridgehead atoms. The fraction of sp³-hybridized carbons (Fsp3) is 0.158. The highest BCUT2D eigenvalue weighted by atomic mass is 35.5. The number of benzene rings is 2. The molecule has 4 rings (SSSR count). The van der Waals surface area contributed by atoms with Gasteiger partial charge >= 0.3 is 0 Å². The number of anilines is 1. The summed E-state index contributed by atoms with van der Waals surface area (Å²) in [6, 6.07) is 15.4. The molecule has 2 aromatic carbocycles. The Balaban J connectivity index is 1.64. The maximum absolute atomic E-state index is 12.0. The highest BCUT2D eigenvalue weighted by Gasteiger charge is 2.29. The predicted molar refractivity (Wildman–Crippen MR) is 95.9 cm³/mol. The van der Waals surface area contributed by atoms with Crippen LogP contribution in [0.4, 0.5) is 5.82 Å². The van der Waals surface area contributed by atoms with Crippen LogP contribution in [0.1, 0.15) is 29.0 Å². The molecular formula is C19H16ClN3O2. The fourth-order valence-corrected chi connectivity index (χ4v) is 3.28. The van der Waals surface area contributed by atoms with Crippen LogP contribution in [0.5, 0.6) is 5.75 Å². The minimum Gasteiger partial charge on any atom is -0.489 e. The van der Waals surface area contributed by atoms with Crippen molar-refractivity contribution < 1.29 is 9.53 Å². The Morgan fingerprint density at radius 2 is 1.92 bits per heavy atom. The zero-order valence-corrected chi connectivity index (χ0v) is 14.1. The lowest BCUT2D eigenvalue weighted by molar-refractivity contribution is -0.116. The van der Waals surface area contributed by atoms with Crippen LogP contribution in [0.15, 0.2) is 54.7 Å². The molecule has 1 amide bonds. The van der Waals surface area contributed by atoms with Crippen molar-refractivity contribution >= 4 is 23.3 Å². The normalized spacial score (nSPS) is 16.2. The summed E-state index contributed by atoms with van der Waals surface area (Å²) in [5, 5.41) is 10.4. The molecule has 126 valence electrons. The summed E-state index contributed by atoms with van der Waals surface area (Å²) in [6.45, 7) is 0.369. The topological polar surface area (TPSA) is 67.0 Å². The van der Waals surface area contributed by atoms with Gasteiger partial charge in [0, 0.05) is 34.1 Å². The second-order valence-corrected chi connectivity index (χ2v) is 6.33. The van der Waals surface area contributed by atoms with Gasteiger partial charge in [-0.1, -0.05) is 48.0 Å². The van der Waals surface area contributed by atoms with Gasteiger partial charge in [0.15, 0.2) is 0 Å². The standard InChI is InChI=1S/C19H16ClN3O2/c20-16-7-3-1-5-12(16)11-25-17-8-4-2-6-13(17)14-9-18(24)22-19-15(14)10-21-23-19/h1-8,10,14H,9,11H2,(H2,21,22,23,24). The van der Waals surface area contributed by atoms with Gasteiger partial charge in [-0.3, -0.25) is 9.89 Å². The number of carbonyl (C=O) groups excluding carboxylic acids is 1. The van der Waals surface area contributed by atoms with Gasteiger partial charge in [0.05, 0.1) is 6.20 Å². The van der Waals surface area contributed by atoms with Crippen molar-refractivity contribution in [3.63, 3.8) is 0 Å². The van der Waals surface area contributed by atoms with E-state index >= 15 is 0 Å². The lowest BCUT2D eigenvalue weighted by Gasteiger charge is -2.24. The first kappa shape index (κ1) is 15.7. The Morgan fingerprint density at radius 3 is 2.80 bits per heavy atom. The molecule has 0 radical (unpaired) electrons. The van der Waals surface area contributed by atoms with E-state index in [2.05, 4.69) is 15.5 Å². The third-order valence-electron chi connectivity index (χ3n) is 4.33. The predicted octanol–water partition coefficient (Wildman–Crippen LogP) is 4.12. The number of H-pyrrole nitrogens is 1. The highest BCUT2D eigenvalue weighted by molar-refractivity contribution is 6.31. The average Bonchev–Trinajstić information content (AvgIpc) is 3.09. The van der Waals surface area contributed by atoms with Crippen LogP contribution >= 0.6 is 11.6 Å².